The monoisotopic (exact) mass is 291 g/mol. The molecule has 2 saturated carbocycles. The van der Waals surface area contributed by atoms with E-state index in [4.69, 9.17) is 0 Å². The van der Waals surface area contributed by atoms with Gasteiger partial charge in [0, 0.05) is 12.0 Å². The summed E-state index contributed by atoms with van der Waals surface area (Å²) in [5.41, 5.74) is 2.87. The fourth-order valence-electron chi connectivity index (χ4n) is 3.48. The van der Waals surface area contributed by atoms with Crippen molar-refractivity contribution in [1.29, 1.82) is 0 Å². The summed E-state index contributed by atoms with van der Waals surface area (Å²) in [5.74, 6) is 2.21. The van der Waals surface area contributed by atoms with Crippen molar-refractivity contribution in [1.82, 2.24) is 15.6 Å². The Kier molecular flexibility index (Phi) is 3.27. The molecule has 108 valence electrons. The highest BCUT2D eigenvalue weighted by atomic mass is 32.1. The average Bonchev–Trinajstić information content (AvgIpc) is 3.40. The molecule has 2 atom stereocenters. The summed E-state index contributed by atoms with van der Waals surface area (Å²) in [6, 6.07) is 0.416. The number of rotatable bonds is 4. The van der Waals surface area contributed by atoms with E-state index in [1.165, 1.54) is 43.4 Å². The molecule has 2 aliphatic carbocycles. The fraction of sp³-hybridized carbons (Fsp3) is 0.733. The number of thiazole rings is 1. The second kappa shape index (κ2) is 5.11. The predicted molar refractivity (Wildman–Crippen MR) is 79.0 cm³/mol. The molecule has 5 heteroatoms. The van der Waals surface area contributed by atoms with Gasteiger partial charge in [-0.3, -0.25) is 4.79 Å². The third kappa shape index (κ3) is 2.49. The Hall–Kier alpha value is -0.940. The number of amides is 1. The first kappa shape index (κ1) is 12.8. The highest BCUT2D eigenvalue weighted by molar-refractivity contribution is 7.11. The molecule has 4 nitrogen and oxygen atoms in total. The minimum atomic E-state index is 0.121. The van der Waals surface area contributed by atoms with Gasteiger partial charge in [0.1, 0.15) is 4.88 Å². The van der Waals surface area contributed by atoms with Gasteiger partial charge >= 0.3 is 0 Å². The zero-order valence-electron chi connectivity index (χ0n) is 11.6. The highest BCUT2D eigenvalue weighted by Gasteiger charge is 2.44. The number of hydrogen-bond acceptors (Lipinski definition) is 4. The summed E-state index contributed by atoms with van der Waals surface area (Å²) in [6.45, 7) is 2.28. The maximum atomic E-state index is 12.4. The van der Waals surface area contributed by atoms with Crippen LogP contribution >= 0.6 is 11.3 Å². The first-order valence-corrected chi connectivity index (χ1v) is 8.66. The van der Waals surface area contributed by atoms with Gasteiger partial charge in [-0.2, -0.15) is 0 Å². The van der Waals surface area contributed by atoms with Crippen LogP contribution in [-0.4, -0.2) is 30.0 Å². The van der Waals surface area contributed by atoms with E-state index in [0.717, 1.165) is 35.5 Å². The molecule has 1 amide bonds. The van der Waals surface area contributed by atoms with Gasteiger partial charge in [0.05, 0.1) is 11.2 Å². The van der Waals surface area contributed by atoms with Crippen LogP contribution in [0, 0.1) is 11.8 Å². The quantitative estimate of drug-likeness (QED) is 0.893. The summed E-state index contributed by atoms with van der Waals surface area (Å²) in [7, 11) is 0. The van der Waals surface area contributed by atoms with E-state index in [1.807, 2.05) is 5.51 Å². The maximum Gasteiger partial charge on any atom is 0.263 e. The summed E-state index contributed by atoms with van der Waals surface area (Å²) in [5, 5.41) is 6.65. The Morgan fingerprint density at radius 1 is 1.30 bits per heavy atom. The summed E-state index contributed by atoms with van der Waals surface area (Å²) < 4.78 is 0. The number of carbonyl (C=O) groups is 1. The molecule has 3 aliphatic rings. The average molecular weight is 291 g/mol. The molecule has 1 aromatic rings. The normalized spacial score (nSPS) is 30.2. The second-order valence-corrected chi connectivity index (χ2v) is 7.26. The maximum absolute atomic E-state index is 12.4. The van der Waals surface area contributed by atoms with Gasteiger partial charge in [0.15, 0.2) is 0 Å². The van der Waals surface area contributed by atoms with Gasteiger partial charge in [0.25, 0.3) is 5.91 Å². The molecule has 2 N–H and O–H groups in total. The lowest BCUT2D eigenvalue weighted by molar-refractivity contribution is 0.0950. The fourth-order valence-corrected chi connectivity index (χ4v) is 4.26. The third-order valence-electron chi connectivity index (χ3n) is 4.91. The first-order chi connectivity index (χ1) is 9.83. The van der Waals surface area contributed by atoms with Gasteiger partial charge in [-0.1, -0.05) is 0 Å². The van der Waals surface area contributed by atoms with E-state index in [0.29, 0.717) is 12.0 Å². The molecule has 0 aromatic carbocycles. The molecule has 1 aromatic heterocycles. The largest absolute Gasteiger partial charge is 0.348 e. The molecule has 0 bridgehead atoms. The van der Waals surface area contributed by atoms with Gasteiger partial charge in [-0.25, -0.2) is 4.98 Å². The molecule has 20 heavy (non-hydrogen) atoms. The number of carbonyl (C=O) groups excluding carboxylic acids is 1. The lowest BCUT2D eigenvalue weighted by atomic mass is 9.93. The van der Waals surface area contributed by atoms with Crippen LogP contribution in [0.1, 0.15) is 53.4 Å². The molecule has 2 heterocycles. The first-order valence-electron chi connectivity index (χ1n) is 7.78. The van der Waals surface area contributed by atoms with Crippen molar-refractivity contribution in [3.8, 4) is 0 Å². The molecular formula is C15H21N3OS. The van der Waals surface area contributed by atoms with Crippen molar-refractivity contribution in [2.24, 2.45) is 11.8 Å². The van der Waals surface area contributed by atoms with Crippen molar-refractivity contribution in [2.45, 2.75) is 44.1 Å². The summed E-state index contributed by atoms with van der Waals surface area (Å²) in [6.07, 6.45) is 6.11. The van der Waals surface area contributed by atoms with Crippen molar-refractivity contribution in [3.05, 3.63) is 16.1 Å². The molecule has 0 spiro atoms. The van der Waals surface area contributed by atoms with E-state index in [9.17, 15) is 4.79 Å². The molecule has 0 unspecified atom stereocenters. The van der Waals surface area contributed by atoms with E-state index in [1.54, 1.807) is 0 Å². The van der Waals surface area contributed by atoms with Crippen LogP contribution in [0.4, 0.5) is 0 Å². The summed E-state index contributed by atoms with van der Waals surface area (Å²) >= 11 is 1.50. The van der Waals surface area contributed by atoms with Gasteiger partial charge < -0.3 is 10.6 Å². The molecule has 0 radical (unpaired) electrons. The van der Waals surface area contributed by atoms with Crippen molar-refractivity contribution >= 4 is 17.2 Å². The number of piperidine rings is 1. The summed E-state index contributed by atoms with van der Waals surface area (Å²) in [4.78, 5) is 17.6. The Balaban J connectivity index is 1.35. The van der Waals surface area contributed by atoms with E-state index in [-0.39, 0.29) is 5.91 Å². The topological polar surface area (TPSA) is 54.0 Å². The van der Waals surface area contributed by atoms with Gasteiger partial charge in [-0.15, -0.1) is 11.3 Å². The number of aromatic nitrogens is 1. The number of hydrogen-bond donors (Lipinski definition) is 2. The molecule has 1 aliphatic heterocycles. The van der Waals surface area contributed by atoms with Crippen LogP contribution in [-0.2, 0) is 0 Å². The predicted octanol–water partition coefficient (Wildman–Crippen LogP) is 2.14. The Morgan fingerprint density at radius 3 is 2.85 bits per heavy atom. The van der Waals surface area contributed by atoms with E-state index >= 15 is 0 Å². The van der Waals surface area contributed by atoms with Gasteiger partial charge in [0.2, 0.25) is 0 Å². The Morgan fingerprint density at radius 2 is 2.10 bits per heavy atom. The smallest absolute Gasteiger partial charge is 0.263 e. The highest BCUT2D eigenvalue weighted by Crippen LogP contribution is 2.43. The minimum Gasteiger partial charge on any atom is -0.348 e. The standard InChI is InChI=1S/C15H21N3OS/c19-15(14-13(10-1-2-10)17-8-20-14)18-12-7-11(12)9-3-5-16-6-4-9/h8-12,16H,1-7H2,(H,18,19)/t11-,12+/m0/s1. The zero-order valence-corrected chi connectivity index (χ0v) is 12.4. The van der Waals surface area contributed by atoms with Crippen LogP contribution in [0.2, 0.25) is 0 Å². The number of nitrogens with one attached hydrogen (secondary N) is 2. The van der Waals surface area contributed by atoms with Crippen molar-refractivity contribution < 1.29 is 4.79 Å². The Bertz CT molecular complexity index is 505. The molecule has 4 rings (SSSR count). The van der Waals surface area contributed by atoms with Crippen LogP contribution in [0.3, 0.4) is 0 Å². The van der Waals surface area contributed by atoms with Crippen molar-refractivity contribution in [2.75, 3.05) is 13.1 Å². The lowest BCUT2D eigenvalue weighted by Gasteiger charge is -2.22. The zero-order chi connectivity index (χ0) is 13.5. The SMILES string of the molecule is O=C(N[C@@H]1C[C@H]1C1CCNCC1)c1scnc1C1CC1. The van der Waals surface area contributed by atoms with E-state index < -0.39 is 0 Å². The van der Waals surface area contributed by atoms with Crippen LogP contribution in [0.15, 0.2) is 5.51 Å². The number of nitrogens with zero attached hydrogens (tertiary/aromatic N) is 1. The second-order valence-electron chi connectivity index (χ2n) is 6.41. The van der Waals surface area contributed by atoms with E-state index in [2.05, 4.69) is 15.6 Å². The molecular weight excluding hydrogens is 270 g/mol. The van der Waals surface area contributed by atoms with Crippen LogP contribution in [0.5, 0.6) is 0 Å². The van der Waals surface area contributed by atoms with Crippen LogP contribution in [0.25, 0.3) is 0 Å². The van der Waals surface area contributed by atoms with Crippen molar-refractivity contribution in [3.63, 3.8) is 0 Å². The third-order valence-corrected chi connectivity index (χ3v) is 5.75. The van der Waals surface area contributed by atoms with Gasteiger partial charge in [-0.05, 0) is 57.0 Å². The van der Waals surface area contributed by atoms with Crippen LogP contribution < -0.4 is 10.6 Å². The minimum absolute atomic E-state index is 0.121. The molecule has 3 fully saturated rings. The Labute approximate surface area is 123 Å². The molecule has 1 saturated heterocycles. The lowest BCUT2D eigenvalue weighted by Crippen LogP contribution is -2.32.